The van der Waals surface area contributed by atoms with Crippen LogP contribution in [-0.4, -0.2) is 24.6 Å². The van der Waals surface area contributed by atoms with Crippen molar-refractivity contribution in [3.05, 3.63) is 60.1 Å². The van der Waals surface area contributed by atoms with Crippen LogP contribution in [0.25, 0.3) is 0 Å². The molecule has 0 aliphatic heterocycles. The fraction of sp³-hybridized carbons (Fsp3) is 0.421. The van der Waals surface area contributed by atoms with Crippen LogP contribution in [0.4, 0.5) is 0 Å². The summed E-state index contributed by atoms with van der Waals surface area (Å²) in [6.07, 6.45) is 3.48. The number of aliphatic imine (C=N–C) groups is 1. The fourth-order valence-corrected chi connectivity index (χ4v) is 2.20. The van der Waals surface area contributed by atoms with E-state index in [1.807, 2.05) is 18.2 Å². The molecule has 2 rings (SSSR count). The quantitative estimate of drug-likeness (QED) is 0.635. The summed E-state index contributed by atoms with van der Waals surface area (Å²) in [4.78, 5) is 4.65. The average Bonchev–Trinajstić information content (AvgIpc) is 3.00. The molecule has 0 spiro atoms. The molecule has 4 heteroatoms. The van der Waals surface area contributed by atoms with Crippen LogP contribution >= 0.6 is 0 Å². The Morgan fingerprint density at radius 1 is 1.04 bits per heavy atom. The third-order valence-electron chi connectivity index (χ3n) is 3.25. The van der Waals surface area contributed by atoms with Gasteiger partial charge in [0.2, 0.25) is 0 Å². The van der Waals surface area contributed by atoms with Gasteiger partial charge in [-0.3, -0.25) is 4.99 Å². The van der Waals surface area contributed by atoms with E-state index < -0.39 is 0 Å². The highest BCUT2D eigenvalue weighted by Crippen LogP contribution is 2.02. The predicted molar refractivity (Wildman–Crippen MR) is 95.8 cm³/mol. The van der Waals surface area contributed by atoms with Crippen molar-refractivity contribution < 1.29 is 4.42 Å². The molecule has 0 radical (unpaired) electrons. The minimum Gasteiger partial charge on any atom is -0.469 e. The van der Waals surface area contributed by atoms with Crippen molar-refractivity contribution in [2.45, 2.75) is 39.2 Å². The molecule has 2 aromatic rings. The second kappa shape index (κ2) is 8.42. The number of furan rings is 1. The highest BCUT2D eigenvalue weighted by Gasteiger charge is 2.11. The van der Waals surface area contributed by atoms with Crippen LogP contribution in [-0.2, 0) is 12.8 Å². The van der Waals surface area contributed by atoms with Crippen LogP contribution in [0.5, 0.6) is 0 Å². The second-order valence-electron chi connectivity index (χ2n) is 6.60. The van der Waals surface area contributed by atoms with E-state index in [2.05, 4.69) is 60.7 Å². The van der Waals surface area contributed by atoms with Gasteiger partial charge in [0.25, 0.3) is 0 Å². The Morgan fingerprint density at radius 3 is 2.48 bits per heavy atom. The number of hydrogen-bond donors (Lipinski definition) is 2. The Kier molecular flexibility index (Phi) is 6.27. The Hall–Kier alpha value is -2.23. The van der Waals surface area contributed by atoms with E-state index in [9.17, 15) is 0 Å². The van der Waals surface area contributed by atoms with E-state index >= 15 is 0 Å². The average molecular weight is 313 g/mol. The molecular weight excluding hydrogens is 286 g/mol. The normalized spacial score (nSPS) is 12.2. The summed E-state index contributed by atoms with van der Waals surface area (Å²) < 4.78 is 5.35. The van der Waals surface area contributed by atoms with Gasteiger partial charge < -0.3 is 15.1 Å². The fourth-order valence-electron chi connectivity index (χ4n) is 2.20. The molecule has 0 saturated carbocycles. The third kappa shape index (κ3) is 7.04. The van der Waals surface area contributed by atoms with Crippen molar-refractivity contribution in [1.29, 1.82) is 0 Å². The summed E-state index contributed by atoms with van der Waals surface area (Å²) in [6, 6.07) is 14.4. The summed E-state index contributed by atoms with van der Waals surface area (Å²) >= 11 is 0. The minimum atomic E-state index is -0.0245. The van der Waals surface area contributed by atoms with Crippen LogP contribution in [0, 0.1) is 0 Å². The van der Waals surface area contributed by atoms with Gasteiger partial charge in [-0.2, -0.15) is 0 Å². The van der Waals surface area contributed by atoms with E-state index in [0.29, 0.717) is 6.54 Å². The van der Waals surface area contributed by atoms with Crippen LogP contribution in [0.2, 0.25) is 0 Å². The van der Waals surface area contributed by atoms with Crippen LogP contribution in [0.15, 0.2) is 58.1 Å². The number of nitrogens with one attached hydrogen (secondary N) is 2. The number of rotatable bonds is 6. The minimum absolute atomic E-state index is 0.0245. The SMILES string of the molecule is CC(C)(C)NC(=NCCc1ccco1)NCCc1ccccc1. The molecule has 0 unspecified atom stereocenters. The first-order valence-electron chi connectivity index (χ1n) is 8.16. The lowest BCUT2D eigenvalue weighted by Crippen LogP contribution is -2.48. The molecule has 124 valence electrons. The molecule has 0 fully saturated rings. The Balaban J connectivity index is 1.85. The van der Waals surface area contributed by atoms with Crippen molar-refractivity contribution in [2.24, 2.45) is 4.99 Å². The second-order valence-corrected chi connectivity index (χ2v) is 6.60. The maximum Gasteiger partial charge on any atom is 0.191 e. The zero-order valence-electron chi connectivity index (χ0n) is 14.3. The van der Waals surface area contributed by atoms with Crippen LogP contribution in [0.1, 0.15) is 32.1 Å². The molecule has 0 amide bonds. The summed E-state index contributed by atoms with van der Waals surface area (Å²) in [5.74, 6) is 1.81. The molecular formula is C19H27N3O. The molecule has 0 aliphatic carbocycles. The Labute approximate surface area is 139 Å². The lowest BCUT2D eigenvalue weighted by molar-refractivity contribution is 0.497. The lowest BCUT2D eigenvalue weighted by Gasteiger charge is -2.24. The van der Waals surface area contributed by atoms with E-state index in [0.717, 1.165) is 31.1 Å². The molecule has 2 N–H and O–H groups in total. The number of hydrogen-bond acceptors (Lipinski definition) is 2. The van der Waals surface area contributed by atoms with Gasteiger partial charge in [-0.15, -0.1) is 0 Å². The van der Waals surface area contributed by atoms with E-state index in [-0.39, 0.29) is 5.54 Å². The molecule has 4 nitrogen and oxygen atoms in total. The maximum atomic E-state index is 5.35. The van der Waals surface area contributed by atoms with Gasteiger partial charge in [0.05, 0.1) is 6.26 Å². The topological polar surface area (TPSA) is 49.6 Å². The summed E-state index contributed by atoms with van der Waals surface area (Å²) in [5.41, 5.74) is 1.30. The number of guanidine groups is 1. The monoisotopic (exact) mass is 313 g/mol. The van der Waals surface area contributed by atoms with Crippen molar-refractivity contribution in [2.75, 3.05) is 13.1 Å². The lowest BCUT2D eigenvalue weighted by atomic mass is 10.1. The number of nitrogens with zero attached hydrogens (tertiary/aromatic N) is 1. The van der Waals surface area contributed by atoms with Crippen LogP contribution in [0.3, 0.4) is 0 Å². The zero-order chi connectivity index (χ0) is 16.5. The first-order valence-corrected chi connectivity index (χ1v) is 8.16. The largest absolute Gasteiger partial charge is 0.469 e. The molecule has 1 heterocycles. The van der Waals surface area contributed by atoms with Crippen LogP contribution < -0.4 is 10.6 Å². The summed E-state index contributed by atoms with van der Waals surface area (Å²) in [6.45, 7) is 7.95. The van der Waals surface area contributed by atoms with Crippen molar-refractivity contribution >= 4 is 5.96 Å². The smallest absolute Gasteiger partial charge is 0.191 e. The van der Waals surface area contributed by atoms with E-state index in [4.69, 9.17) is 4.42 Å². The van der Waals surface area contributed by atoms with Gasteiger partial charge in [0.15, 0.2) is 5.96 Å². The van der Waals surface area contributed by atoms with E-state index in [1.54, 1.807) is 6.26 Å². The Morgan fingerprint density at radius 2 is 1.83 bits per heavy atom. The first kappa shape index (κ1) is 17.1. The molecule has 1 aromatic heterocycles. The molecule has 23 heavy (non-hydrogen) atoms. The van der Waals surface area contributed by atoms with Gasteiger partial charge in [-0.1, -0.05) is 30.3 Å². The van der Waals surface area contributed by atoms with Crippen molar-refractivity contribution in [3.63, 3.8) is 0 Å². The van der Waals surface area contributed by atoms with Crippen molar-refractivity contribution in [3.8, 4) is 0 Å². The van der Waals surface area contributed by atoms with Crippen molar-refractivity contribution in [1.82, 2.24) is 10.6 Å². The Bertz CT molecular complexity index is 583. The highest BCUT2D eigenvalue weighted by atomic mass is 16.3. The summed E-state index contributed by atoms with van der Waals surface area (Å²) in [5, 5.41) is 6.84. The predicted octanol–water partition coefficient (Wildman–Crippen LogP) is 3.40. The molecule has 0 bridgehead atoms. The highest BCUT2D eigenvalue weighted by molar-refractivity contribution is 5.80. The molecule has 0 aliphatic rings. The van der Waals surface area contributed by atoms with Gasteiger partial charge in [-0.25, -0.2) is 0 Å². The summed E-state index contributed by atoms with van der Waals surface area (Å²) in [7, 11) is 0. The molecule has 1 aromatic carbocycles. The third-order valence-corrected chi connectivity index (χ3v) is 3.25. The maximum absolute atomic E-state index is 5.35. The molecule has 0 atom stereocenters. The van der Waals surface area contributed by atoms with Gasteiger partial charge in [0.1, 0.15) is 5.76 Å². The molecule has 0 saturated heterocycles. The number of benzene rings is 1. The van der Waals surface area contributed by atoms with Gasteiger partial charge >= 0.3 is 0 Å². The standard InChI is InChI=1S/C19H27N3O/c1-19(2,3)22-18(21-14-12-17-10-7-15-23-17)20-13-11-16-8-5-4-6-9-16/h4-10,15H,11-14H2,1-3H3,(H2,20,21,22). The van der Waals surface area contributed by atoms with Gasteiger partial charge in [-0.05, 0) is 44.9 Å². The zero-order valence-corrected chi connectivity index (χ0v) is 14.3. The van der Waals surface area contributed by atoms with Gasteiger partial charge in [0, 0.05) is 25.0 Å². The first-order chi connectivity index (χ1) is 11.0. The van der Waals surface area contributed by atoms with E-state index in [1.165, 1.54) is 5.56 Å².